The Morgan fingerprint density at radius 3 is 2.59 bits per heavy atom. The summed E-state index contributed by atoms with van der Waals surface area (Å²) in [6, 6.07) is 15.4. The van der Waals surface area contributed by atoms with Crippen molar-refractivity contribution in [2.24, 2.45) is 0 Å². The Kier molecular flexibility index (Phi) is 5.37. The minimum atomic E-state index is -0.433. The largest absolute Gasteiger partial charge is 0.494 e. The highest BCUT2D eigenvalue weighted by Crippen LogP contribution is 2.34. The van der Waals surface area contributed by atoms with Gasteiger partial charge in [0.1, 0.15) is 11.3 Å². The number of anilines is 1. The molecular weight excluding hydrogens is 435 g/mol. The predicted octanol–water partition coefficient (Wildman–Crippen LogP) is 6.72. The topological polar surface area (TPSA) is 64.4 Å². The molecule has 1 heterocycles. The van der Waals surface area contributed by atoms with E-state index in [2.05, 4.69) is 10.3 Å². The number of amides is 1. The maximum absolute atomic E-state index is 12.8. The van der Waals surface area contributed by atoms with E-state index in [0.717, 1.165) is 0 Å². The van der Waals surface area contributed by atoms with Gasteiger partial charge in [-0.2, -0.15) is 0 Å². The highest BCUT2D eigenvalue weighted by atomic mass is 35.5. The van der Waals surface area contributed by atoms with Crippen LogP contribution < -0.4 is 10.1 Å². The van der Waals surface area contributed by atoms with Gasteiger partial charge in [0.15, 0.2) is 5.58 Å². The van der Waals surface area contributed by atoms with Crippen LogP contribution in [0.2, 0.25) is 15.1 Å². The standard InChI is InChI=1S/C21H13Cl3N2O3/c1-28-19-14(8-11(22)9-16(19)24)20(27)25-12-6-7-15(23)13(10-12)21-26-17-4-2-3-5-18(17)29-21/h2-10H,1H3,(H,25,27). The lowest BCUT2D eigenvalue weighted by Gasteiger charge is -2.12. The van der Waals surface area contributed by atoms with Crippen LogP contribution in [-0.4, -0.2) is 18.0 Å². The van der Waals surface area contributed by atoms with Crippen molar-refractivity contribution >= 4 is 57.5 Å². The summed E-state index contributed by atoms with van der Waals surface area (Å²) < 4.78 is 11.0. The van der Waals surface area contributed by atoms with E-state index in [4.69, 9.17) is 44.0 Å². The highest BCUT2D eigenvalue weighted by Gasteiger charge is 2.18. The summed E-state index contributed by atoms with van der Waals surface area (Å²) in [6.07, 6.45) is 0. The summed E-state index contributed by atoms with van der Waals surface area (Å²) >= 11 is 18.5. The number of benzene rings is 3. The van der Waals surface area contributed by atoms with E-state index in [9.17, 15) is 4.79 Å². The summed E-state index contributed by atoms with van der Waals surface area (Å²) in [7, 11) is 1.43. The van der Waals surface area contributed by atoms with Crippen molar-refractivity contribution in [1.82, 2.24) is 4.98 Å². The Bertz CT molecular complexity index is 1200. The average Bonchev–Trinajstić information content (AvgIpc) is 3.12. The molecule has 4 aromatic rings. The molecule has 1 amide bonds. The molecular formula is C21H13Cl3N2O3. The van der Waals surface area contributed by atoms with Gasteiger partial charge in [-0.1, -0.05) is 46.9 Å². The molecule has 0 aliphatic rings. The molecule has 0 saturated heterocycles. The van der Waals surface area contributed by atoms with Crippen LogP contribution in [0.15, 0.2) is 59.0 Å². The number of halogens is 3. The first-order chi connectivity index (χ1) is 14.0. The van der Waals surface area contributed by atoms with Gasteiger partial charge in [-0.3, -0.25) is 4.79 Å². The summed E-state index contributed by atoms with van der Waals surface area (Å²) in [5, 5.41) is 3.80. The lowest BCUT2D eigenvalue weighted by molar-refractivity contribution is 0.102. The number of carbonyl (C=O) groups is 1. The molecule has 0 unspecified atom stereocenters. The van der Waals surface area contributed by atoms with E-state index in [1.54, 1.807) is 18.2 Å². The fourth-order valence-corrected chi connectivity index (χ4v) is 3.66. The van der Waals surface area contributed by atoms with E-state index in [1.165, 1.54) is 19.2 Å². The molecule has 0 radical (unpaired) electrons. The van der Waals surface area contributed by atoms with Crippen molar-refractivity contribution in [2.45, 2.75) is 0 Å². The van der Waals surface area contributed by atoms with Crippen LogP contribution in [0, 0.1) is 0 Å². The minimum absolute atomic E-state index is 0.211. The summed E-state index contributed by atoms with van der Waals surface area (Å²) in [5.41, 5.74) is 2.62. The van der Waals surface area contributed by atoms with Gasteiger partial charge in [-0.05, 0) is 42.5 Å². The van der Waals surface area contributed by atoms with Gasteiger partial charge in [0.2, 0.25) is 5.89 Å². The van der Waals surface area contributed by atoms with Crippen LogP contribution in [0.3, 0.4) is 0 Å². The number of para-hydroxylation sites is 2. The summed E-state index contributed by atoms with van der Waals surface area (Å²) in [5.74, 6) is 0.162. The molecule has 0 saturated carbocycles. The molecule has 3 aromatic carbocycles. The van der Waals surface area contributed by atoms with E-state index >= 15 is 0 Å². The zero-order valence-corrected chi connectivity index (χ0v) is 17.3. The summed E-state index contributed by atoms with van der Waals surface area (Å²) in [6.45, 7) is 0. The molecule has 0 aliphatic carbocycles. The van der Waals surface area contributed by atoms with Crippen LogP contribution in [0.25, 0.3) is 22.6 Å². The van der Waals surface area contributed by atoms with Gasteiger partial charge in [0, 0.05) is 10.7 Å². The lowest BCUT2D eigenvalue weighted by atomic mass is 10.1. The second-order valence-electron chi connectivity index (χ2n) is 6.10. The third-order valence-corrected chi connectivity index (χ3v) is 5.03. The Hall–Kier alpha value is -2.73. The van der Waals surface area contributed by atoms with Gasteiger partial charge in [0.05, 0.1) is 28.3 Å². The van der Waals surface area contributed by atoms with Gasteiger partial charge in [0.25, 0.3) is 5.91 Å². The fourth-order valence-electron chi connectivity index (χ4n) is 2.89. The quantitative estimate of drug-likeness (QED) is 0.377. The second-order valence-corrected chi connectivity index (χ2v) is 7.35. The van der Waals surface area contributed by atoms with Crippen molar-refractivity contribution in [2.75, 3.05) is 12.4 Å². The summed E-state index contributed by atoms with van der Waals surface area (Å²) in [4.78, 5) is 17.2. The van der Waals surface area contributed by atoms with E-state index < -0.39 is 5.91 Å². The third kappa shape index (κ3) is 3.90. The first-order valence-electron chi connectivity index (χ1n) is 8.46. The molecule has 0 fully saturated rings. The number of hydrogen-bond acceptors (Lipinski definition) is 4. The molecule has 5 nitrogen and oxygen atoms in total. The monoisotopic (exact) mass is 446 g/mol. The zero-order valence-electron chi connectivity index (χ0n) is 15.0. The van der Waals surface area contributed by atoms with Crippen molar-refractivity contribution in [3.05, 3.63) is 75.2 Å². The number of hydrogen-bond donors (Lipinski definition) is 1. The molecule has 8 heteroatoms. The Balaban J connectivity index is 1.69. The van der Waals surface area contributed by atoms with Crippen LogP contribution in [0.4, 0.5) is 5.69 Å². The smallest absolute Gasteiger partial charge is 0.259 e. The van der Waals surface area contributed by atoms with Gasteiger partial charge in [-0.25, -0.2) is 4.98 Å². The zero-order chi connectivity index (χ0) is 20.5. The first kappa shape index (κ1) is 19.6. The number of aromatic nitrogens is 1. The Labute approximate surface area is 181 Å². The molecule has 29 heavy (non-hydrogen) atoms. The van der Waals surface area contributed by atoms with Crippen LogP contribution >= 0.6 is 34.8 Å². The number of nitrogens with one attached hydrogen (secondary N) is 1. The van der Waals surface area contributed by atoms with Crippen LogP contribution in [-0.2, 0) is 0 Å². The Morgan fingerprint density at radius 2 is 1.83 bits per heavy atom. The van der Waals surface area contributed by atoms with Gasteiger partial charge in [-0.15, -0.1) is 0 Å². The van der Waals surface area contributed by atoms with Crippen molar-refractivity contribution in [1.29, 1.82) is 0 Å². The maximum atomic E-state index is 12.8. The highest BCUT2D eigenvalue weighted by molar-refractivity contribution is 6.36. The lowest BCUT2D eigenvalue weighted by Crippen LogP contribution is -2.13. The predicted molar refractivity (Wildman–Crippen MR) is 115 cm³/mol. The van der Waals surface area contributed by atoms with E-state index in [1.807, 2.05) is 24.3 Å². The molecule has 1 aromatic heterocycles. The number of rotatable bonds is 4. The molecule has 0 aliphatic heterocycles. The molecule has 0 atom stereocenters. The van der Waals surface area contributed by atoms with Crippen molar-refractivity contribution in [3.63, 3.8) is 0 Å². The molecule has 4 rings (SSSR count). The van der Waals surface area contributed by atoms with Crippen LogP contribution in [0.5, 0.6) is 5.75 Å². The SMILES string of the molecule is COc1c(Cl)cc(Cl)cc1C(=O)Nc1ccc(Cl)c(-c2nc3ccccc3o2)c1. The molecule has 146 valence electrons. The molecule has 0 bridgehead atoms. The van der Waals surface area contributed by atoms with E-state index in [-0.39, 0.29) is 16.3 Å². The van der Waals surface area contributed by atoms with Gasteiger partial charge < -0.3 is 14.5 Å². The second kappa shape index (κ2) is 7.95. The minimum Gasteiger partial charge on any atom is -0.494 e. The molecule has 1 N–H and O–H groups in total. The molecule has 0 spiro atoms. The number of oxazole rings is 1. The first-order valence-corrected chi connectivity index (χ1v) is 9.59. The number of nitrogens with zero attached hydrogens (tertiary/aromatic N) is 1. The van der Waals surface area contributed by atoms with E-state index in [0.29, 0.717) is 38.3 Å². The number of fused-ring (bicyclic) bond motifs is 1. The fraction of sp³-hybridized carbons (Fsp3) is 0.0476. The van der Waals surface area contributed by atoms with Crippen molar-refractivity contribution < 1.29 is 13.9 Å². The average molecular weight is 448 g/mol. The number of carbonyl (C=O) groups excluding carboxylic acids is 1. The Morgan fingerprint density at radius 1 is 1.03 bits per heavy atom. The number of ether oxygens (including phenoxy) is 1. The van der Waals surface area contributed by atoms with Crippen LogP contribution in [0.1, 0.15) is 10.4 Å². The number of methoxy groups -OCH3 is 1. The third-order valence-electron chi connectivity index (χ3n) is 4.21. The normalized spacial score (nSPS) is 10.9. The van der Waals surface area contributed by atoms with Crippen molar-refractivity contribution in [3.8, 4) is 17.2 Å². The maximum Gasteiger partial charge on any atom is 0.259 e. The van der Waals surface area contributed by atoms with Gasteiger partial charge >= 0.3 is 0 Å².